The molecule has 6 nitrogen and oxygen atoms in total. The summed E-state index contributed by atoms with van der Waals surface area (Å²) in [6, 6.07) is 1.84. The van der Waals surface area contributed by atoms with Crippen molar-refractivity contribution in [2.24, 2.45) is 5.92 Å². The summed E-state index contributed by atoms with van der Waals surface area (Å²) in [5.41, 5.74) is 0. The first-order valence-corrected chi connectivity index (χ1v) is 7.58. The van der Waals surface area contributed by atoms with Crippen molar-refractivity contribution >= 4 is 11.8 Å². The van der Waals surface area contributed by atoms with Gasteiger partial charge in [0.25, 0.3) is 0 Å². The second-order valence-corrected chi connectivity index (χ2v) is 5.69. The zero-order chi connectivity index (χ0) is 14.8. The van der Waals surface area contributed by atoms with Gasteiger partial charge in [-0.1, -0.05) is 0 Å². The molecule has 3 rings (SSSR count). The number of nitrogens with zero attached hydrogens (tertiary/aromatic N) is 3. The highest BCUT2D eigenvalue weighted by Crippen LogP contribution is 2.37. The van der Waals surface area contributed by atoms with E-state index in [9.17, 15) is 4.79 Å². The van der Waals surface area contributed by atoms with Crippen LogP contribution in [-0.2, 0) is 9.47 Å². The highest BCUT2D eigenvalue weighted by atomic mass is 16.5. The second-order valence-electron chi connectivity index (χ2n) is 5.69. The summed E-state index contributed by atoms with van der Waals surface area (Å²) in [5, 5.41) is 0. The Balaban J connectivity index is 1.75. The number of hydrogen-bond acceptors (Lipinski definition) is 6. The minimum atomic E-state index is -0.473. The molecule has 2 atom stereocenters. The molecule has 2 heterocycles. The standard InChI is InChI=1S/C15H21N3O3/c1-3-20-15(19)14-16-7-6-13(17-14)18-8-10(2)21-12(9-18)11-4-5-11/h6-7,10-12H,3-5,8-9H2,1-2H3/t10-,12-/m0/s1. The Labute approximate surface area is 124 Å². The van der Waals surface area contributed by atoms with Crippen LogP contribution in [0.25, 0.3) is 0 Å². The van der Waals surface area contributed by atoms with Gasteiger partial charge in [-0.25, -0.2) is 14.8 Å². The lowest BCUT2D eigenvalue weighted by Crippen LogP contribution is -2.48. The van der Waals surface area contributed by atoms with Gasteiger partial charge in [0.15, 0.2) is 0 Å². The predicted octanol–water partition coefficient (Wildman–Crippen LogP) is 1.66. The van der Waals surface area contributed by atoms with Gasteiger partial charge in [0.2, 0.25) is 5.82 Å². The number of anilines is 1. The highest BCUT2D eigenvalue weighted by Gasteiger charge is 2.37. The summed E-state index contributed by atoms with van der Waals surface area (Å²) in [7, 11) is 0. The summed E-state index contributed by atoms with van der Waals surface area (Å²) >= 11 is 0. The Morgan fingerprint density at radius 3 is 3.00 bits per heavy atom. The van der Waals surface area contributed by atoms with E-state index in [1.54, 1.807) is 13.1 Å². The maximum absolute atomic E-state index is 11.7. The Morgan fingerprint density at radius 1 is 1.48 bits per heavy atom. The number of esters is 1. The maximum atomic E-state index is 11.7. The molecule has 6 heteroatoms. The fraction of sp³-hybridized carbons (Fsp3) is 0.667. The molecule has 1 saturated heterocycles. The molecule has 1 aliphatic carbocycles. The molecule has 0 bridgehead atoms. The van der Waals surface area contributed by atoms with Crippen molar-refractivity contribution < 1.29 is 14.3 Å². The van der Waals surface area contributed by atoms with Crippen molar-refractivity contribution in [1.82, 2.24) is 9.97 Å². The van der Waals surface area contributed by atoms with E-state index < -0.39 is 5.97 Å². The molecule has 21 heavy (non-hydrogen) atoms. The molecule has 2 fully saturated rings. The monoisotopic (exact) mass is 291 g/mol. The fourth-order valence-electron chi connectivity index (χ4n) is 2.72. The lowest BCUT2D eigenvalue weighted by atomic mass is 10.1. The Hall–Kier alpha value is -1.69. The van der Waals surface area contributed by atoms with Crippen LogP contribution in [0.4, 0.5) is 5.82 Å². The Morgan fingerprint density at radius 2 is 2.29 bits per heavy atom. The first-order valence-electron chi connectivity index (χ1n) is 7.58. The number of aromatic nitrogens is 2. The highest BCUT2D eigenvalue weighted by molar-refractivity contribution is 5.85. The quantitative estimate of drug-likeness (QED) is 0.786. The summed E-state index contributed by atoms with van der Waals surface area (Å²) in [5.74, 6) is 1.10. The molecule has 1 saturated carbocycles. The van der Waals surface area contributed by atoms with Crippen LogP contribution in [0.1, 0.15) is 37.3 Å². The zero-order valence-corrected chi connectivity index (χ0v) is 12.5. The normalized spacial score (nSPS) is 25.7. The molecule has 1 aromatic rings. The maximum Gasteiger partial charge on any atom is 0.376 e. The molecule has 2 aliphatic rings. The van der Waals surface area contributed by atoms with Crippen LogP contribution in [0, 0.1) is 5.92 Å². The molecule has 0 amide bonds. The first kappa shape index (κ1) is 14.3. The number of ether oxygens (including phenoxy) is 2. The molecule has 0 radical (unpaired) electrons. The van der Waals surface area contributed by atoms with E-state index >= 15 is 0 Å². The molecule has 1 aromatic heterocycles. The van der Waals surface area contributed by atoms with Crippen molar-refractivity contribution in [2.75, 3.05) is 24.6 Å². The SMILES string of the molecule is CCOC(=O)c1nccc(N2C[C@@H](C3CC3)O[C@@H](C)C2)n1. The van der Waals surface area contributed by atoms with E-state index in [0.717, 1.165) is 18.9 Å². The van der Waals surface area contributed by atoms with E-state index in [1.807, 2.05) is 6.07 Å². The van der Waals surface area contributed by atoms with Crippen molar-refractivity contribution in [1.29, 1.82) is 0 Å². The molecule has 114 valence electrons. The Bertz CT molecular complexity index is 519. The van der Waals surface area contributed by atoms with Crippen molar-refractivity contribution in [3.63, 3.8) is 0 Å². The molecule has 0 N–H and O–H groups in total. The second kappa shape index (κ2) is 5.97. The zero-order valence-electron chi connectivity index (χ0n) is 12.5. The van der Waals surface area contributed by atoms with Crippen LogP contribution < -0.4 is 4.90 Å². The van der Waals surface area contributed by atoms with Gasteiger partial charge in [-0.3, -0.25) is 0 Å². The summed E-state index contributed by atoms with van der Waals surface area (Å²) in [4.78, 5) is 22.3. The van der Waals surface area contributed by atoms with E-state index in [1.165, 1.54) is 12.8 Å². The van der Waals surface area contributed by atoms with Gasteiger partial charge < -0.3 is 14.4 Å². The average molecular weight is 291 g/mol. The molecule has 0 unspecified atom stereocenters. The van der Waals surface area contributed by atoms with Gasteiger partial charge in [-0.05, 0) is 38.7 Å². The van der Waals surface area contributed by atoms with Gasteiger partial charge in [0.05, 0.1) is 18.8 Å². The topological polar surface area (TPSA) is 64.5 Å². The van der Waals surface area contributed by atoms with Crippen LogP contribution in [0.15, 0.2) is 12.3 Å². The molecule has 0 aromatic carbocycles. The van der Waals surface area contributed by atoms with E-state index in [0.29, 0.717) is 12.5 Å². The van der Waals surface area contributed by atoms with Gasteiger partial charge >= 0.3 is 5.97 Å². The largest absolute Gasteiger partial charge is 0.460 e. The third-order valence-electron chi connectivity index (χ3n) is 3.86. The lowest BCUT2D eigenvalue weighted by molar-refractivity contribution is -0.0273. The molecule has 1 aliphatic heterocycles. The summed E-state index contributed by atoms with van der Waals surface area (Å²) in [6.45, 7) is 5.78. The van der Waals surface area contributed by atoms with Crippen LogP contribution in [0.2, 0.25) is 0 Å². The lowest BCUT2D eigenvalue weighted by Gasteiger charge is -2.37. The minimum Gasteiger partial charge on any atom is -0.460 e. The van der Waals surface area contributed by atoms with Crippen LogP contribution in [-0.4, -0.2) is 47.8 Å². The van der Waals surface area contributed by atoms with Gasteiger partial charge in [-0.2, -0.15) is 0 Å². The number of hydrogen-bond donors (Lipinski definition) is 0. The van der Waals surface area contributed by atoms with Gasteiger partial charge in [-0.15, -0.1) is 0 Å². The van der Waals surface area contributed by atoms with Crippen molar-refractivity contribution in [3.8, 4) is 0 Å². The van der Waals surface area contributed by atoms with Crippen molar-refractivity contribution in [2.45, 2.75) is 38.9 Å². The van der Waals surface area contributed by atoms with Crippen LogP contribution in [0.3, 0.4) is 0 Å². The summed E-state index contributed by atoms with van der Waals surface area (Å²) < 4.78 is 11.0. The number of carbonyl (C=O) groups excluding carboxylic acids is 1. The summed E-state index contributed by atoms with van der Waals surface area (Å²) in [6.07, 6.45) is 4.56. The van der Waals surface area contributed by atoms with E-state index in [4.69, 9.17) is 9.47 Å². The Kier molecular flexibility index (Phi) is 4.05. The minimum absolute atomic E-state index is 0.122. The smallest absolute Gasteiger partial charge is 0.376 e. The first-order chi connectivity index (χ1) is 10.2. The van der Waals surface area contributed by atoms with Gasteiger partial charge in [0.1, 0.15) is 5.82 Å². The molecular weight excluding hydrogens is 270 g/mol. The number of carbonyl (C=O) groups is 1. The number of morpholine rings is 1. The van der Waals surface area contributed by atoms with Crippen LogP contribution >= 0.6 is 0 Å². The average Bonchev–Trinajstić information content (AvgIpc) is 3.32. The molecular formula is C15H21N3O3. The molecule has 0 spiro atoms. The third-order valence-corrected chi connectivity index (χ3v) is 3.86. The van der Waals surface area contributed by atoms with Crippen molar-refractivity contribution in [3.05, 3.63) is 18.1 Å². The predicted molar refractivity (Wildman–Crippen MR) is 77.3 cm³/mol. The van der Waals surface area contributed by atoms with E-state index in [-0.39, 0.29) is 18.0 Å². The van der Waals surface area contributed by atoms with E-state index in [2.05, 4.69) is 21.8 Å². The van der Waals surface area contributed by atoms with Crippen LogP contribution in [0.5, 0.6) is 0 Å². The number of rotatable bonds is 4. The fourth-order valence-corrected chi connectivity index (χ4v) is 2.72. The van der Waals surface area contributed by atoms with Gasteiger partial charge in [0, 0.05) is 19.3 Å². The third kappa shape index (κ3) is 3.32.